The van der Waals surface area contributed by atoms with Crippen molar-refractivity contribution in [2.75, 3.05) is 13.7 Å². The molecule has 0 aliphatic carbocycles. The highest BCUT2D eigenvalue weighted by atomic mass is 16.5. The van der Waals surface area contributed by atoms with Crippen molar-refractivity contribution in [1.82, 2.24) is 9.97 Å². The van der Waals surface area contributed by atoms with E-state index in [1.165, 1.54) is 0 Å². The third-order valence-corrected chi connectivity index (χ3v) is 4.78. The Morgan fingerprint density at radius 2 is 1.83 bits per heavy atom. The van der Waals surface area contributed by atoms with Gasteiger partial charge in [-0.2, -0.15) is 0 Å². The van der Waals surface area contributed by atoms with Gasteiger partial charge in [0, 0.05) is 44.5 Å². The number of ketones is 1. The van der Waals surface area contributed by atoms with Gasteiger partial charge < -0.3 is 14.8 Å². The Bertz CT molecular complexity index is 1140. The minimum atomic E-state index is -0.0228. The number of Topliss-reactive ketones (excluding diaryl/α,β-unsaturated/α-hetero) is 1. The average molecular weight is 405 g/mol. The summed E-state index contributed by atoms with van der Waals surface area (Å²) < 4.78 is 5.66. The number of benzene rings is 2. The van der Waals surface area contributed by atoms with Crippen LogP contribution in [0, 0.1) is 0 Å². The van der Waals surface area contributed by atoms with Gasteiger partial charge in [-0.15, -0.1) is 0 Å². The molecule has 0 aliphatic rings. The van der Waals surface area contributed by atoms with Crippen LogP contribution in [0.25, 0.3) is 22.2 Å². The van der Waals surface area contributed by atoms with Crippen LogP contribution in [0.3, 0.4) is 0 Å². The van der Waals surface area contributed by atoms with Crippen molar-refractivity contribution in [1.29, 1.82) is 0 Å². The van der Waals surface area contributed by atoms with Gasteiger partial charge in [0.25, 0.3) is 0 Å². The molecule has 30 heavy (non-hydrogen) atoms. The zero-order valence-corrected chi connectivity index (χ0v) is 17.5. The molecule has 0 bridgehead atoms. The van der Waals surface area contributed by atoms with Crippen LogP contribution in [-0.2, 0) is 6.42 Å². The molecule has 5 heteroatoms. The molecule has 0 radical (unpaired) electrons. The summed E-state index contributed by atoms with van der Waals surface area (Å²) >= 11 is 0. The maximum atomic E-state index is 11.7. The van der Waals surface area contributed by atoms with Gasteiger partial charge in [-0.25, -0.2) is 4.98 Å². The molecule has 0 aliphatic heterocycles. The van der Waals surface area contributed by atoms with E-state index >= 15 is 0 Å². The molecular formula is C25H28N2O3. The second-order valence-corrected chi connectivity index (χ2v) is 6.73. The molecule has 156 valence electrons. The van der Waals surface area contributed by atoms with Crippen LogP contribution in [0.4, 0.5) is 0 Å². The van der Waals surface area contributed by atoms with Crippen LogP contribution in [0.15, 0.2) is 66.7 Å². The molecule has 0 saturated carbocycles. The number of aromatic nitrogens is 2. The maximum absolute atomic E-state index is 11.7. The normalized spacial score (nSPS) is 10.4. The van der Waals surface area contributed by atoms with Gasteiger partial charge >= 0.3 is 0 Å². The van der Waals surface area contributed by atoms with Crippen LogP contribution in [0.5, 0.6) is 5.75 Å². The number of ether oxygens (including phenoxy) is 1. The van der Waals surface area contributed by atoms with Gasteiger partial charge in [-0.3, -0.25) is 4.79 Å². The molecule has 5 nitrogen and oxygen atoms in total. The summed E-state index contributed by atoms with van der Waals surface area (Å²) in [5.41, 5.74) is 5.76. The monoisotopic (exact) mass is 404 g/mol. The van der Waals surface area contributed by atoms with Gasteiger partial charge in [0.1, 0.15) is 11.4 Å². The Balaban J connectivity index is 0.00000111. The number of aliphatic hydroxyl groups is 1. The highest BCUT2D eigenvalue weighted by molar-refractivity contribution is 5.93. The molecule has 0 amide bonds. The summed E-state index contributed by atoms with van der Waals surface area (Å²) in [5.74, 6) is 0.824. The molecule has 2 N–H and O–H groups in total. The molecule has 0 spiro atoms. The van der Waals surface area contributed by atoms with Gasteiger partial charge in [0.2, 0.25) is 0 Å². The molecule has 4 aromatic rings. The summed E-state index contributed by atoms with van der Waals surface area (Å²) in [6.45, 7) is 4.16. The number of nitrogens with one attached hydrogen (secondary N) is 1. The number of carbonyl (C=O) groups is 1. The molecule has 2 heterocycles. The number of fused-ring (bicyclic) bond motifs is 1. The summed E-state index contributed by atoms with van der Waals surface area (Å²) in [5, 5.41) is 8.14. The zero-order chi connectivity index (χ0) is 21.5. The van der Waals surface area contributed by atoms with Crippen LogP contribution in [-0.4, -0.2) is 34.6 Å². The first-order valence-electron chi connectivity index (χ1n) is 9.90. The highest BCUT2D eigenvalue weighted by Crippen LogP contribution is 2.33. The van der Waals surface area contributed by atoms with E-state index in [0.717, 1.165) is 46.3 Å². The van der Waals surface area contributed by atoms with Crippen molar-refractivity contribution >= 4 is 16.7 Å². The number of hydrogen-bond donors (Lipinski definition) is 2. The predicted octanol–water partition coefficient (Wildman–Crippen LogP) is 5.28. The van der Waals surface area contributed by atoms with E-state index in [9.17, 15) is 4.79 Å². The molecule has 0 atom stereocenters. The Kier molecular flexibility index (Phi) is 6.99. The average Bonchev–Trinajstić information content (AvgIpc) is 3.14. The second-order valence-electron chi connectivity index (χ2n) is 6.73. The lowest BCUT2D eigenvalue weighted by Gasteiger charge is -2.07. The van der Waals surface area contributed by atoms with Gasteiger partial charge in [-0.05, 0) is 42.3 Å². The third-order valence-electron chi connectivity index (χ3n) is 4.78. The SMILES string of the molecule is CCOc1ccc2c(Cc3cccc(C(C)=O)n3)c(-c3ccccc3)[nH]c2c1.CO.[HH]. The highest BCUT2D eigenvalue weighted by Gasteiger charge is 2.15. The number of H-pyrrole nitrogens is 1. The van der Waals surface area contributed by atoms with Crippen LogP contribution in [0.2, 0.25) is 0 Å². The second kappa shape index (κ2) is 9.85. The van der Waals surface area contributed by atoms with E-state index in [2.05, 4.69) is 28.2 Å². The lowest BCUT2D eigenvalue weighted by atomic mass is 10.0. The van der Waals surface area contributed by atoms with E-state index in [0.29, 0.717) is 18.7 Å². The van der Waals surface area contributed by atoms with Crippen molar-refractivity contribution in [3.63, 3.8) is 0 Å². The van der Waals surface area contributed by atoms with Crippen LogP contribution >= 0.6 is 0 Å². The van der Waals surface area contributed by atoms with E-state index in [1.807, 2.05) is 49.4 Å². The summed E-state index contributed by atoms with van der Waals surface area (Å²) in [7, 11) is 1.00. The number of carbonyl (C=O) groups excluding carboxylic acids is 1. The van der Waals surface area contributed by atoms with Gasteiger partial charge in [0.05, 0.1) is 12.3 Å². The molecule has 0 fully saturated rings. The molecule has 2 aromatic heterocycles. The van der Waals surface area contributed by atoms with Crippen molar-refractivity contribution in [3.8, 4) is 17.0 Å². The Labute approximate surface area is 177 Å². The number of aliphatic hydroxyl groups excluding tert-OH is 1. The van der Waals surface area contributed by atoms with Crippen molar-refractivity contribution in [2.24, 2.45) is 0 Å². The first kappa shape index (κ1) is 21.3. The van der Waals surface area contributed by atoms with E-state index in [1.54, 1.807) is 13.0 Å². The van der Waals surface area contributed by atoms with Crippen molar-refractivity contribution < 1.29 is 16.1 Å². The fraction of sp³-hybridized carbons (Fsp3) is 0.200. The minimum absolute atomic E-state index is 0. The predicted molar refractivity (Wildman–Crippen MR) is 122 cm³/mol. The Morgan fingerprint density at radius 3 is 2.53 bits per heavy atom. The Morgan fingerprint density at radius 1 is 1.07 bits per heavy atom. The topological polar surface area (TPSA) is 75.2 Å². The van der Waals surface area contributed by atoms with Crippen molar-refractivity contribution in [3.05, 3.63) is 83.7 Å². The molecule has 0 unspecified atom stereocenters. The largest absolute Gasteiger partial charge is 0.494 e. The molecule has 0 saturated heterocycles. The first-order valence-corrected chi connectivity index (χ1v) is 9.90. The lowest BCUT2D eigenvalue weighted by Crippen LogP contribution is -2.01. The summed E-state index contributed by atoms with van der Waals surface area (Å²) in [4.78, 5) is 19.8. The molecule has 2 aromatic carbocycles. The third kappa shape index (κ3) is 4.58. The Hall–Kier alpha value is -3.44. The fourth-order valence-electron chi connectivity index (χ4n) is 3.48. The van der Waals surface area contributed by atoms with E-state index < -0.39 is 0 Å². The van der Waals surface area contributed by atoms with E-state index in [4.69, 9.17) is 9.84 Å². The fourth-order valence-corrected chi connectivity index (χ4v) is 3.48. The number of pyridine rings is 1. The lowest BCUT2D eigenvalue weighted by molar-refractivity contribution is 0.101. The molecule has 4 rings (SSSR count). The van der Waals surface area contributed by atoms with Gasteiger partial charge in [0.15, 0.2) is 5.78 Å². The van der Waals surface area contributed by atoms with Crippen LogP contribution < -0.4 is 4.74 Å². The number of rotatable bonds is 6. The molecular weight excluding hydrogens is 376 g/mol. The first-order chi connectivity index (χ1) is 14.7. The van der Waals surface area contributed by atoms with Gasteiger partial charge in [-0.1, -0.05) is 36.4 Å². The quantitative estimate of drug-likeness (QED) is 0.429. The zero-order valence-electron chi connectivity index (χ0n) is 17.5. The summed E-state index contributed by atoms with van der Waals surface area (Å²) in [6.07, 6.45) is 0.638. The number of hydrogen-bond acceptors (Lipinski definition) is 4. The standard InChI is InChI=1S/C24H22N2O2.CH4O.H2/c1-3-28-19-12-13-20-21(14-18-10-7-11-22(25-18)16(2)27)24(26-23(20)15-19)17-8-5-4-6-9-17;1-2;/h4-13,15,26H,3,14H2,1-2H3;2H,1H3;1H. The van der Waals surface area contributed by atoms with E-state index in [-0.39, 0.29) is 7.21 Å². The van der Waals surface area contributed by atoms with Crippen LogP contribution in [0.1, 0.15) is 37.0 Å². The number of aromatic amines is 1. The number of nitrogens with zero attached hydrogens (tertiary/aromatic N) is 1. The van der Waals surface area contributed by atoms with Crippen molar-refractivity contribution in [2.45, 2.75) is 20.3 Å². The smallest absolute Gasteiger partial charge is 0.178 e. The minimum Gasteiger partial charge on any atom is -0.494 e. The maximum Gasteiger partial charge on any atom is 0.178 e. The summed E-state index contributed by atoms with van der Waals surface area (Å²) in [6, 6.07) is 22.0.